The lowest BCUT2D eigenvalue weighted by molar-refractivity contribution is 0.557. The number of hydrogen-bond acceptors (Lipinski definition) is 3. The first kappa shape index (κ1) is 17.9. The molecule has 0 radical (unpaired) electrons. The van der Waals surface area contributed by atoms with Gasteiger partial charge in [-0.25, -0.2) is 4.68 Å². The Balaban J connectivity index is 2.23. The van der Waals surface area contributed by atoms with Gasteiger partial charge in [0.05, 0.1) is 26.8 Å². The molecule has 1 N–H and O–H groups in total. The predicted molar refractivity (Wildman–Crippen MR) is 112 cm³/mol. The van der Waals surface area contributed by atoms with Crippen molar-refractivity contribution in [2.75, 3.05) is 5.32 Å². The van der Waals surface area contributed by atoms with Gasteiger partial charge in [0, 0.05) is 11.6 Å². The minimum atomic E-state index is -0.0380. The van der Waals surface area contributed by atoms with E-state index >= 15 is 0 Å². The van der Waals surface area contributed by atoms with Crippen molar-refractivity contribution in [2.24, 2.45) is 0 Å². The van der Waals surface area contributed by atoms with Crippen LogP contribution in [0.2, 0.25) is 0 Å². The number of para-hydroxylation sites is 1. The molecule has 3 rings (SSSR count). The Morgan fingerprint density at radius 3 is 2.28 bits per heavy atom. The zero-order valence-electron chi connectivity index (χ0n) is 15.3. The molecular weight excluding hydrogens is 423 g/mol. The summed E-state index contributed by atoms with van der Waals surface area (Å²) < 4.78 is 3.18. The average molecular weight is 446 g/mol. The van der Waals surface area contributed by atoms with Gasteiger partial charge < -0.3 is 5.32 Å². The maximum Gasteiger partial charge on any atom is 0.148 e. The molecule has 0 fully saturated rings. The van der Waals surface area contributed by atoms with Crippen LogP contribution in [-0.2, 0) is 5.41 Å². The number of hydrogen-bond donors (Lipinski definition) is 1. The Bertz CT molecular complexity index is 872. The van der Waals surface area contributed by atoms with E-state index < -0.39 is 0 Å². The predicted octanol–water partition coefficient (Wildman–Crippen LogP) is 5.53. The number of rotatable bonds is 3. The van der Waals surface area contributed by atoms with Gasteiger partial charge in [-0.05, 0) is 59.7 Å². The fourth-order valence-electron chi connectivity index (χ4n) is 2.86. The summed E-state index contributed by atoms with van der Waals surface area (Å²) in [6.07, 6.45) is 3.61. The number of aromatic nitrogens is 3. The molecule has 25 heavy (non-hydrogen) atoms. The second kappa shape index (κ2) is 6.78. The molecule has 0 amide bonds. The van der Waals surface area contributed by atoms with Crippen molar-refractivity contribution in [2.45, 2.75) is 40.0 Å². The molecule has 0 unspecified atom stereocenters. The Kier molecular flexibility index (Phi) is 4.86. The quantitative estimate of drug-likeness (QED) is 0.538. The van der Waals surface area contributed by atoms with Crippen LogP contribution >= 0.6 is 22.6 Å². The molecule has 0 aliphatic rings. The number of anilines is 2. The van der Waals surface area contributed by atoms with Crippen molar-refractivity contribution in [3.63, 3.8) is 0 Å². The molecule has 0 bridgehead atoms. The van der Waals surface area contributed by atoms with Crippen LogP contribution < -0.4 is 5.32 Å². The van der Waals surface area contributed by atoms with Crippen molar-refractivity contribution in [3.05, 3.63) is 63.1 Å². The smallest absolute Gasteiger partial charge is 0.148 e. The maximum atomic E-state index is 5.00. The third-order valence-corrected chi connectivity index (χ3v) is 5.14. The van der Waals surface area contributed by atoms with Crippen molar-refractivity contribution >= 4 is 34.1 Å². The van der Waals surface area contributed by atoms with Gasteiger partial charge in [0.1, 0.15) is 5.82 Å². The number of benzene rings is 1. The molecule has 2 aromatic heterocycles. The summed E-state index contributed by atoms with van der Waals surface area (Å²) in [5.74, 6) is 0.982. The number of nitrogens with one attached hydrogen (secondary N) is 1. The fraction of sp³-hybridized carbons (Fsp3) is 0.300. The molecule has 3 aromatic rings. The van der Waals surface area contributed by atoms with Gasteiger partial charge in [0.25, 0.3) is 0 Å². The van der Waals surface area contributed by atoms with E-state index in [0.29, 0.717) is 0 Å². The fourth-order valence-corrected chi connectivity index (χ4v) is 4.14. The van der Waals surface area contributed by atoms with Crippen LogP contribution in [0.25, 0.3) is 5.69 Å². The minimum Gasteiger partial charge on any atom is -0.338 e. The summed E-state index contributed by atoms with van der Waals surface area (Å²) >= 11 is 2.40. The second-order valence-corrected chi connectivity index (χ2v) is 8.36. The van der Waals surface area contributed by atoms with Gasteiger partial charge >= 0.3 is 0 Å². The number of aryl methyl sites for hydroxylation is 2. The van der Waals surface area contributed by atoms with Crippen molar-refractivity contribution in [1.82, 2.24) is 14.8 Å². The summed E-state index contributed by atoms with van der Waals surface area (Å²) in [7, 11) is 0. The first-order valence-electron chi connectivity index (χ1n) is 8.31. The Hall–Kier alpha value is -1.89. The summed E-state index contributed by atoms with van der Waals surface area (Å²) in [6.45, 7) is 10.8. The monoisotopic (exact) mass is 446 g/mol. The molecule has 0 spiro atoms. The highest BCUT2D eigenvalue weighted by Crippen LogP contribution is 2.35. The van der Waals surface area contributed by atoms with E-state index in [1.807, 2.05) is 23.0 Å². The lowest BCUT2D eigenvalue weighted by Gasteiger charge is -2.15. The van der Waals surface area contributed by atoms with Crippen LogP contribution in [0.15, 0.2) is 42.7 Å². The number of pyridine rings is 1. The third-order valence-electron chi connectivity index (χ3n) is 4.11. The highest BCUT2D eigenvalue weighted by atomic mass is 127. The van der Waals surface area contributed by atoms with Gasteiger partial charge in [-0.1, -0.05) is 39.0 Å². The average Bonchev–Trinajstić information content (AvgIpc) is 2.86. The molecule has 1 aromatic carbocycles. The Morgan fingerprint density at radius 1 is 1.04 bits per heavy atom. The van der Waals surface area contributed by atoms with Gasteiger partial charge in [-0.3, -0.25) is 4.98 Å². The Labute approximate surface area is 162 Å². The van der Waals surface area contributed by atoms with Gasteiger partial charge in [-0.15, -0.1) is 0 Å². The zero-order valence-corrected chi connectivity index (χ0v) is 17.4. The highest BCUT2D eigenvalue weighted by Gasteiger charge is 2.27. The van der Waals surface area contributed by atoms with Crippen LogP contribution in [0.1, 0.15) is 37.6 Å². The standard InChI is InChI=1S/C20H23IN4/c1-13-8-6-9-14(2)17(13)25-19(23-15-10-7-11-22-12-15)16(21)18(24-25)20(3,4)5/h6-12,23H,1-5H3. The molecule has 2 heterocycles. The van der Waals surface area contributed by atoms with E-state index in [-0.39, 0.29) is 5.41 Å². The van der Waals surface area contributed by atoms with Crippen LogP contribution in [0.4, 0.5) is 11.5 Å². The van der Waals surface area contributed by atoms with E-state index in [4.69, 9.17) is 5.10 Å². The molecular formula is C20H23IN4. The Morgan fingerprint density at radius 2 is 1.72 bits per heavy atom. The first-order chi connectivity index (χ1) is 11.8. The normalized spacial score (nSPS) is 11.6. The molecule has 4 nitrogen and oxygen atoms in total. The molecule has 0 aliphatic carbocycles. The van der Waals surface area contributed by atoms with Crippen LogP contribution in [0, 0.1) is 17.4 Å². The minimum absolute atomic E-state index is 0.0380. The third kappa shape index (κ3) is 3.56. The second-order valence-electron chi connectivity index (χ2n) is 7.28. The molecule has 0 atom stereocenters. The lowest BCUT2D eigenvalue weighted by atomic mass is 9.92. The van der Waals surface area contributed by atoms with Gasteiger partial charge in [-0.2, -0.15) is 5.10 Å². The topological polar surface area (TPSA) is 42.7 Å². The van der Waals surface area contributed by atoms with Crippen LogP contribution in [0.5, 0.6) is 0 Å². The lowest BCUT2D eigenvalue weighted by Crippen LogP contribution is -2.14. The maximum absolute atomic E-state index is 5.00. The van der Waals surface area contributed by atoms with Crippen molar-refractivity contribution < 1.29 is 0 Å². The summed E-state index contributed by atoms with van der Waals surface area (Å²) in [4.78, 5) is 4.21. The SMILES string of the molecule is Cc1cccc(C)c1-n1nc(C(C)(C)C)c(I)c1Nc1cccnc1. The first-order valence-corrected chi connectivity index (χ1v) is 9.39. The van der Waals surface area contributed by atoms with Crippen LogP contribution in [-0.4, -0.2) is 14.8 Å². The molecule has 130 valence electrons. The number of nitrogens with zero attached hydrogens (tertiary/aromatic N) is 3. The summed E-state index contributed by atoms with van der Waals surface area (Å²) in [5, 5.41) is 8.51. The highest BCUT2D eigenvalue weighted by molar-refractivity contribution is 14.1. The zero-order chi connectivity index (χ0) is 18.2. The van der Waals surface area contributed by atoms with Crippen LogP contribution in [0.3, 0.4) is 0 Å². The van der Waals surface area contributed by atoms with E-state index in [0.717, 1.165) is 26.5 Å². The summed E-state index contributed by atoms with van der Waals surface area (Å²) in [6, 6.07) is 10.3. The van der Waals surface area contributed by atoms with Crippen molar-refractivity contribution in [3.8, 4) is 5.69 Å². The van der Waals surface area contributed by atoms with E-state index in [1.165, 1.54) is 11.1 Å². The summed E-state index contributed by atoms with van der Waals surface area (Å²) in [5.41, 5.74) is 5.53. The largest absolute Gasteiger partial charge is 0.338 e. The van der Waals surface area contributed by atoms with E-state index in [2.05, 4.69) is 85.7 Å². The van der Waals surface area contributed by atoms with E-state index in [1.54, 1.807) is 6.20 Å². The van der Waals surface area contributed by atoms with Gasteiger partial charge in [0.15, 0.2) is 0 Å². The van der Waals surface area contributed by atoms with E-state index in [9.17, 15) is 0 Å². The van der Waals surface area contributed by atoms with Crippen molar-refractivity contribution in [1.29, 1.82) is 0 Å². The van der Waals surface area contributed by atoms with Gasteiger partial charge in [0.2, 0.25) is 0 Å². The molecule has 0 saturated carbocycles. The number of halogens is 1. The molecule has 0 saturated heterocycles. The molecule has 5 heteroatoms. The molecule has 0 aliphatic heterocycles.